The van der Waals surface area contributed by atoms with Crippen molar-refractivity contribution < 1.29 is 14.3 Å². The zero-order chi connectivity index (χ0) is 16.8. The van der Waals surface area contributed by atoms with E-state index in [2.05, 4.69) is 6.07 Å². The van der Waals surface area contributed by atoms with Crippen LogP contribution in [0.15, 0.2) is 42.5 Å². The SMILES string of the molecule is COc1c(C)ccc(C(=O)/C=C/c2ccc(C#N)cc2)c1OC. The van der Waals surface area contributed by atoms with Gasteiger partial charge >= 0.3 is 0 Å². The number of carbonyl (C=O) groups excluding carboxylic acids is 1. The van der Waals surface area contributed by atoms with Crippen LogP contribution in [0.2, 0.25) is 0 Å². The Morgan fingerprint density at radius 2 is 1.70 bits per heavy atom. The Hall–Kier alpha value is -3.06. The van der Waals surface area contributed by atoms with Crippen LogP contribution in [0.5, 0.6) is 11.5 Å². The van der Waals surface area contributed by atoms with Crippen LogP contribution in [0.25, 0.3) is 6.08 Å². The minimum atomic E-state index is -0.176. The fourth-order valence-electron chi connectivity index (χ4n) is 2.24. The number of hydrogen-bond acceptors (Lipinski definition) is 4. The van der Waals surface area contributed by atoms with Gasteiger partial charge in [-0.1, -0.05) is 24.3 Å². The summed E-state index contributed by atoms with van der Waals surface area (Å²) in [5.41, 5.74) is 2.77. The molecule has 0 saturated heterocycles. The van der Waals surface area contributed by atoms with Crippen molar-refractivity contribution in [2.45, 2.75) is 6.92 Å². The van der Waals surface area contributed by atoms with E-state index in [1.54, 1.807) is 43.5 Å². The Morgan fingerprint density at radius 3 is 2.26 bits per heavy atom. The number of rotatable bonds is 5. The second kappa shape index (κ2) is 7.28. The van der Waals surface area contributed by atoms with E-state index in [-0.39, 0.29) is 5.78 Å². The molecule has 116 valence electrons. The molecule has 23 heavy (non-hydrogen) atoms. The van der Waals surface area contributed by atoms with Crippen LogP contribution in [-0.2, 0) is 0 Å². The molecule has 0 radical (unpaired) electrons. The third kappa shape index (κ3) is 3.58. The normalized spacial score (nSPS) is 10.3. The molecular weight excluding hydrogens is 290 g/mol. The smallest absolute Gasteiger partial charge is 0.189 e. The van der Waals surface area contributed by atoms with E-state index < -0.39 is 0 Å². The molecule has 0 atom stereocenters. The van der Waals surface area contributed by atoms with Crippen molar-refractivity contribution in [1.82, 2.24) is 0 Å². The first-order valence-corrected chi connectivity index (χ1v) is 7.05. The lowest BCUT2D eigenvalue weighted by molar-refractivity contribution is 0.104. The minimum absolute atomic E-state index is 0.176. The number of methoxy groups -OCH3 is 2. The lowest BCUT2D eigenvalue weighted by Crippen LogP contribution is -2.02. The molecule has 0 heterocycles. The summed E-state index contributed by atoms with van der Waals surface area (Å²) in [6, 6.07) is 12.6. The van der Waals surface area contributed by atoms with Gasteiger partial charge in [0.15, 0.2) is 17.3 Å². The summed E-state index contributed by atoms with van der Waals surface area (Å²) < 4.78 is 10.7. The van der Waals surface area contributed by atoms with Gasteiger partial charge < -0.3 is 9.47 Å². The highest BCUT2D eigenvalue weighted by molar-refractivity contribution is 6.09. The van der Waals surface area contributed by atoms with E-state index in [0.717, 1.165) is 11.1 Å². The number of ketones is 1. The molecule has 0 aliphatic heterocycles. The highest BCUT2D eigenvalue weighted by Gasteiger charge is 2.16. The minimum Gasteiger partial charge on any atom is -0.493 e. The monoisotopic (exact) mass is 307 g/mol. The lowest BCUT2D eigenvalue weighted by Gasteiger charge is -2.13. The lowest BCUT2D eigenvalue weighted by atomic mass is 10.0. The predicted molar refractivity (Wildman–Crippen MR) is 88.8 cm³/mol. The summed E-state index contributed by atoms with van der Waals surface area (Å²) in [7, 11) is 3.06. The second-order valence-electron chi connectivity index (χ2n) is 4.93. The molecule has 0 unspecified atom stereocenters. The maximum absolute atomic E-state index is 12.4. The van der Waals surface area contributed by atoms with Gasteiger partial charge in [0.25, 0.3) is 0 Å². The van der Waals surface area contributed by atoms with Gasteiger partial charge in [0, 0.05) is 0 Å². The highest BCUT2D eigenvalue weighted by atomic mass is 16.5. The van der Waals surface area contributed by atoms with E-state index in [9.17, 15) is 4.79 Å². The van der Waals surface area contributed by atoms with Crippen molar-refractivity contribution in [3.05, 3.63) is 64.7 Å². The number of hydrogen-bond donors (Lipinski definition) is 0. The van der Waals surface area contributed by atoms with Crippen molar-refractivity contribution in [1.29, 1.82) is 5.26 Å². The molecule has 0 aliphatic rings. The summed E-state index contributed by atoms with van der Waals surface area (Å²) in [5.74, 6) is 0.816. The predicted octanol–water partition coefficient (Wildman–Crippen LogP) is 3.78. The topological polar surface area (TPSA) is 59.3 Å². The molecule has 0 aromatic heterocycles. The van der Waals surface area contributed by atoms with Gasteiger partial charge in [-0.2, -0.15) is 5.26 Å². The summed E-state index contributed by atoms with van der Waals surface area (Å²) in [6.07, 6.45) is 3.18. The Balaban J connectivity index is 2.30. The summed E-state index contributed by atoms with van der Waals surface area (Å²) in [6.45, 7) is 1.89. The van der Waals surface area contributed by atoms with Crippen molar-refractivity contribution >= 4 is 11.9 Å². The molecule has 0 aliphatic carbocycles. The Labute approximate surface area is 135 Å². The molecule has 0 spiro atoms. The average Bonchev–Trinajstić information content (AvgIpc) is 2.59. The van der Waals surface area contributed by atoms with Crippen LogP contribution in [0.4, 0.5) is 0 Å². The van der Waals surface area contributed by atoms with Crippen LogP contribution in [0, 0.1) is 18.3 Å². The molecule has 0 N–H and O–H groups in total. The van der Waals surface area contributed by atoms with Gasteiger partial charge in [-0.05, 0) is 42.3 Å². The van der Waals surface area contributed by atoms with Gasteiger partial charge in [-0.15, -0.1) is 0 Å². The average molecular weight is 307 g/mol. The Kier molecular flexibility index (Phi) is 5.16. The van der Waals surface area contributed by atoms with Crippen molar-refractivity contribution in [3.8, 4) is 17.6 Å². The van der Waals surface area contributed by atoms with E-state index >= 15 is 0 Å². The van der Waals surface area contributed by atoms with Gasteiger partial charge in [-0.25, -0.2) is 0 Å². The number of nitriles is 1. The zero-order valence-electron chi connectivity index (χ0n) is 13.3. The van der Waals surface area contributed by atoms with E-state index in [0.29, 0.717) is 22.6 Å². The van der Waals surface area contributed by atoms with Crippen molar-refractivity contribution in [2.75, 3.05) is 14.2 Å². The molecule has 0 amide bonds. The second-order valence-corrected chi connectivity index (χ2v) is 4.93. The molecule has 4 heteroatoms. The van der Waals surface area contributed by atoms with E-state index in [1.165, 1.54) is 13.2 Å². The van der Waals surface area contributed by atoms with Crippen molar-refractivity contribution in [3.63, 3.8) is 0 Å². The van der Waals surface area contributed by atoms with E-state index in [4.69, 9.17) is 14.7 Å². The number of aryl methyl sites for hydroxylation is 1. The third-order valence-corrected chi connectivity index (χ3v) is 3.45. The van der Waals surface area contributed by atoms with Gasteiger partial charge in [0.2, 0.25) is 0 Å². The van der Waals surface area contributed by atoms with Crippen LogP contribution >= 0.6 is 0 Å². The molecule has 0 bridgehead atoms. The molecule has 2 aromatic rings. The quantitative estimate of drug-likeness (QED) is 0.623. The molecule has 4 nitrogen and oxygen atoms in total. The highest BCUT2D eigenvalue weighted by Crippen LogP contribution is 2.34. The van der Waals surface area contributed by atoms with Crippen LogP contribution in [0.1, 0.15) is 27.0 Å². The largest absolute Gasteiger partial charge is 0.493 e. The van der Waals surface area contributed by atoms with Crippen LogP contribution in [0.3, 0.4) is 0 Å². The molecule has 2 aromatic carbocycles. The maximum Gasteiger partial charge on any atom is 0.189 e. The molecule has 0 fully saturated rings. The summed E-state index contributed by atoms with van der Waals surface area (Å²) in [5, 5.41) is 8.78. The zero-order valence-corrected chi connectivity index (χ0v) is 13.3. The van der Waals surface area contributed by atoms with Gasteiger partial charge in [0.05, 0.1) is 31.4 Å². The first kappa shape index (κ1) is 16.3. The number of allylic oxidation sites excluding steroid dienone is 1. The Bertz CT molecular complexity index is 783. The van der Waals surface area contributed by atoms with Crippen LogP contribution < -0.4 is 9.47 Å². The third-order valence-electron chi connectivity index (χ3n) is 3.45. The number of carbonyl (C=O) groups is 1. The Morgan fingerprint density at radius 1 is 1.04 bits per heavy atom. The number of ether oxygens (including phenoxy) is 2. The first-order chi connectivity index (χ1) is 11.1. The molecule has 0 saturated carbocycles. The standard InChI is InChI=1S/C19H17NO3/c1-13-4-10-16(19(23-3)18(13)22-2)17(21)11-9-14-5-7-15(12-20)8-6-14/h4-11H,1-3H3/b11-9+. The molecule has 2 rings (SSSR count). The van der Waals surface area contributed by atoms with E-state index in [1.807, 2.05) is 13.0 Å². The maximum atomic E-state index is 12.4. The van der Waals surface area contributed by atoms with Crippen molar-refractivity contribution in [2.24, 2.45) is 0 Å². The summed E-state index contributed by atoms with van der Waals surface area (Å²) in [4.78, 5) is 12.4. The number of benzene rings is 2. The van der Waals surface area contributed by atoms with Crippen LogP contribution in [-0.4, -0.2) is 20.0 Å². The first-order valence-electron chi connectivity index (χ1n) is 7.05. The van der Waals surface area contributed by atoms with Gasteiger partial charge in [0.1, 0.15) is 0 Å². The number of nitrogens with zero attached hydrogens (tertiary/aromatic N) is 1. The fourth-order valence-corrected chi connectivity index (χ4v) is 2.24. The van der Waals surface area contributed by atoms with Gasteiger partial charge in [-0.3, -0.25) is 4.79 Å². The molecular formula is C19H17NO3. The summed E-state index contributed by atoms with van der Waals surface area (Å²) >= 11 is 0. The fraction of sp³-hybridized carbons (Fsp3) is 0.158.